The highest BCUT2D eigenvalue weighted by atomic mass is 32.1. The molecule has 0 radical (unpaired) electrons. The summed E-state index contributed by atoms with van der Waals surface area (Å²) in [4.78, 5) is 40.7. The Kier molecular flexibility index (Phi) is 10.2. The molecule has 3 N–H and O–H groups in total. The zero-order valence-corrected chi connectivity index (χ0v) is 26.7. The van der Waals surface area contributed by atoms with E-state index >= 15 is 0 Å². The van der Waals surface area contributed by atoms with Crippen molar-refractivity contribution in [2.45, 2.75) is 84.3 Å². The number of nitrogens with zero attached hydrogens (tertiary/aromatic N) is 1. The summed E-state index contributed by atoms with van der Waals surface area (Å²) < 4.78 is 9.98. The average Bonchev–Trinajstić information content (AvgIpc) is 3.66. The number of anilines is 1. The smallest absolute Gasteiger partial charge is 0.412 e. The van der Waals surface area contributed by atoms with Crippen molar-refractivity contribution in [1.29, 1.82) is 0 Å². The number of hydrogen-bond donors (Lipinski definition) is 3. The molecule has 1 aromatic heterocycles. The van der Waals surface area contributed by atoms with Gasteiger partial charge in [-0.1, -0.05) is 37.1 Å². The van der Waals surface area contributed by atoms with Gasteiger partial charge < -0.3 is 30.3 Å². The van der Waals surface area contributed by atoms with E-state index in [1.807, 2.05) is 49.4 Å². The van der Waals surface area contributed by atoms with Crippen LogP contribution in [0.4, 0.5) is 10.5 Å². The Balaban J connectivity index is 1.14. The van der Waals surface area contributed by atoms with Crippen LogP contribution in [0.2, 0.25) is 0 Å². The lowest BCUT2D eigenvalue weighted by Crippen LogP contribution is -2.57. The van der Waals surface area contributed by atoms with Gasteiger partial charge in [-0.25, -0.2) is 4.79 Å². The van der Waals surface area contributed by atoms with Crippen LogP contribution >= 0.6 is 11.3 Å². The standard InChI is InChI=1S/C34H42N4O5S/c1-21-12-13-28(37-29-19-38(20-29)34(41)43-24(4)42-23(3)39)17-31(21)33(40)36-22(2)25-8-7-9-26(16-25)32-15-14-30(44-32)18-35-27-10-5-6-11-27/h7-9,12-17,22,24,27,29,35,37H,5-6,10-11,18-20H2,1-4H3,(H,36,40)/t22-,24?/m1/s1. The van der Waals surface area contributed by atoms with Crippen molar-refractivity contribution in [2.24, 2.45) is 0 Å². The third kappa shape index (κ3) is 8.18. The van der Waals surface area contributed by atoms with Crippen LogP contribution < -0.4 is 16.0 Å². The molecule has 5 rings (SSSR count). The molecule has 10 heteroatoms. The second-order valence-corrected chi connectivity index (χ2v) is 13.0. The molecule has 2 heterocycles. The van der Waals surface area contributed by atoms with Gasteiger partial charge in [0.25, 0.3) is 5.91 Å². The zero-order valence-electron chi connectivity index (χ0n) is 25.9. The summed E-state index contributed by atoms with van der Waals surface area (Å²) in [5, 5.41) is 10.3. The fourth-order valence-electron chi connectivity index (χ4n) is 5.71. The predicted molar refractivity (Wildman–Crippen MR) is 173 cm³/mol. The first-order valence-corrected chi connectivity index (χ1v) is 16.2. The number of nitrogens with one attached hydrogen (secondary N) is 3. The molecule has 9 nitrogen and oxygen atoms in total. The Morgan fingerprint density at radius 3 is 2.50 bits per heavy atom. The molecule has 234 valence electrons. The SMILES string of the molecule is CC(=O)OC(C)OC(=O)N1CC(Nc2ccc(C)c(C(=O)N[C@H](C)c3cccc(-c4ccc(CNC5CCCC5)s4)c3)c2)C1. The van der Waals surface area contributed by atoms with Gasteiger partial charge >= 0.3 is 12.1 Å². The van der Waals surface area contributed by atoms with Gasteiger partial charge in [-0.15, -0.1) is 11.3 Å². The Bertz CT molecular complexity index is 1480. The fraction of sp³-hybridized carbons (Fsp3) is 0.441. The maximum atomic E-state index is 13.4. The number of carbonyl (C=O) groups is 3. The van der Waals surface area contributed by atoms with Gasteiger partial charge in [0.15, 0.2) is 0 Å². The van der Waals surface area contributed by atoms with Crippen molar-refractivity contribution in [1.82, 2.24) is 15.5 Å². The lowest BCUT2D eigenvalue weighted by molar-refractivity contribution is -0.163. The molecule has 1 aliphatic heterocycles. The van der Waals surface area contributed by atoms with Gasteiger partial charge in [0.05, 0.1) is 12.1 Å². The van der Waals surface area contributed by atoms with Crippen molar-refractivity contribution >= 4 is 35.0 Å². The number of ether oxygens (including phenoxy) is 2. The van der Waals surface area contributed by atoms with Gasteiger partial charge in [-0.3, -0.25) is 9.59 Å². The van der Waals surface area contributed by atoms with Gasteiger partial charge in [-0.05, 0) is 73.7 Å². The molecule has 1 unspecified atom stereocenters. The molecule has 1 aliphatic carbocycles. The number of likely N-dealkylation sites (tertiary alicyclic amines) is 1. The van der Waals surface area contributed by atoms with E-state index in [1.54, 1.807) is 0 Å². The molecule has 3 aromatic rings. The van der Waals surface area contributed by atoms with Crippen LogP contribution in [0.3, 0.4) is 0 Å². The van der Waals surface area contributed by atoms with E-state index in [0.717, 1.165) is 28.9 Å². The van der Waals surface area contributed by atoms with E-state index < -0.39 is 18.4 Å². The molecule has 1 saturated carbocycles. The van der Waals surface area contributed by atoms with Gasteiger partial charge in [0.2, 0.25) is 6.29 Å². The summed E-state index contributed by atoms with van der Waals surface area (Å²) in [5.74, 6) is -0.649. The third-order valence-electron chi connectivity index (χ3n) is 8.19. The Morgan fingerprint density at radius 1 is 0.977 bits per heavy atom. The molecular weight excluding hydrogens is 576 g/mol. The van der Waals surface area contributed by atoms with Crippen LogP contribution in [0, 0.1) is 6.92 Å². The number of thiophene rings is 1. The van der Waals surface area contributed by atoms with E-state index in [9.17, 15) is 14.4 Å². The molecule has 2 atom stereocenters. The summed E-state index contributed by atoms with van der Waals surface area (Å²) in [6.45, 7) is 8.49. The summed E-state index contributed by atoms with van der Waals surface area (Å²) in [7, 11) is 0. The van der Waals surface area contributed by atoms with E-state index in [2.05, 4.69) is 46.3 Å². The van der Waals surface area contributed by atoms with Gasteiger partial charge in [0.1, 0.15) is 0 Å². The van der Waals surface area contributed by atoms with E-state index in [0.29, 0.717) is 24.7 Å². The molecule has 0 spiro atoms. The van der Waals surface area contributed by atoms with Gasteiger partial charge in [-0.2, -0.15) is 0 Å². The maximum Gasteiger partial charge on any atom is 0.412 e. The lowest BCUT2D eigenvalue weighted by atomic mass is 10.0. The first-order chi connectivity index (χ1) is 21.1. The zero-order chi connectivity index (χ0) is 31.2. The Hall–Kier alpha value is -3.89. The minimum absolute atomic E-state index is 0.0168. The summed E-state index contributed by atoms with van der Waals surface area (Å²) >= 11 is 1.82. The quantitative estimate of drug-likeness (QED) is 0.169. The summed E-state index contributed by atoms with van der Waals surface area (Å²) in [5.41, 5.74) is 4.48. The molecule has 2 fully saturated rings. The topological polar surface area (TPSA) is 109 Å². The largest absolute Gasteiger partial charge is 0.426 e. The molecule has 0 bridgehead atoms. The minimum atomic E-state index is -0.938. The third-order valence-corrected chi connectivity index (χ3v) is 9.33. The molecule has 1 saturated heterocycles. The summed E-state index contributed by atoms with van der Waals surface area (Å²) in [6, 6.07) is 19.0. The minimum Gasteiger partial charge on any atom is -0.426 e. The number of amides is 2. The Morgan fingerprint density at radius 2 is 1.75 bits per heavy atom. The van der Waals surface area contributed by atoms with Crippen LogP contribution in [-0.2, 0) is 20.8 Å². The highest BCUT2D eigenvalue weighted by Crippen LogP contribution is 2.31. The Labute approximate surface area is 263 Å². The summed E-state index contributed by atoms with van der Waals surface area (Å²) in [6.07, 6.45) is 3.75. The molecule has 2 amide bonds. The number of aryl methyl sites for hydroxylation is 1. The molecule has 2 aromatic carbocycles. The van der Waals surface area contributed by atoms with Crippen LogP contribution in [-0.4, -0.2) is 54.3 Å². The number of carbonyl (C=O) groups excluding carboxylic acids is 3. The first kappa shape index (κ1) is 31.5. The van der Waals surface area contributed by atoms with Crippen molar-refractivity contribution in [3.05, 3.63) is 76.2 Å². The van der Waals surface area contributed by atoms with E-state index in [4.69, 9.17) is 9.47 Å². The second kappa shape index (κ2) is 14.3. The average molecular weight is 619 g/mol. The fourth-order valence-corrected chi connectivity index (χ4v) is 6.66. The highest BCUT2D eigenvalue weighted by molar-refractivity contribution is 7.15. The van der Waals surface area contributed by atoms with E-state index in [1.165, 1.54) is 54.2 Å². The highest BCUT2D eigenvalue weighted by Gasteiger charge is 2.33. The monoisotopic (exact) mass is 618 g/mol. The van der Waals surface area contributed by atoms with E-state index in [-0.39, 0.29) is 18.0 Å². The predicted octanol–water partition coefficient (Wildman–Crippen LogP) is 6.39. The van der Waals surface area contributed by atoms with Crippen LogP contribution in [0.25, 0.3) is 10.4 Å². The first-order valence-electron chi connectivity index (χ1n) is 15.4. The van der Waals surface area contributed by atoms with Crippen LogP contribution in [0.1, 0.15) is 78.9 Å². The number of benzene rings is 2. The lowest BCUT2D eigenvalue weighted by Gasteiger charge is -2.39. The maximum absolute atomic E-state index is 13.4. The van der Waals surface area contributed by atoms with Crippen molar-refractivity contribution < 1.29 is 23.9 Å². The molecular formula is C34H42N4O5S. The number of rotatable bonds is 11. The molecule has 44 heavy (non-hydrogen) atoms. The van der Waals surface area contributed by atoms with Crippen LogP contribution in [0.5, 0.6) is 0 Å². The second-order valence-electron chi connectivity index (χ2n) is 11.8. The number of hydrogen-bond acceptors (Lipinski definition) is 8. The van der Waals surface area contributed by atoms with Gasteiger partial charge in [0, 0.05) is 60.5 Å². The van der Waals surface area contributed by atoms with Crippen LogP contribution in [0.15, 0.2) is 54.6 Å². The van der Waals surface area contributed by atoms with Crippen molar-refractivity contribution in [2.75, 3.05) is 18.4 Å². The van der Waals surface area contributed by atoms with Crippen molar-refractivity contribution in [3.8, 4) is 10.4 Å². The van der Waals surface area contributed by atoms with Crippen molar-refractivity contribution in [3.63, 3.8) is 0 Å². The number of esters is 1. The molecule has 2 aliphatic rings. The normalized spacial score (nSPS) is 16.6.